The molecule has 1 aliphatic rings. The molecular weight excluding hydrogens is 346 g/mol. The number of nitrogens with zero attached hydrogens (tertiary/aromatic N) is 2. The van der Waals surface area contributed by atoms with Crippen LogP contribution in [0.1, 0.15) is 5.56 Å². The summed E-state index contributed by atoms with van der Waals surface area (Å²) in [5, 5.41) is 11.9. The molecule has 0 spiro atoms. The summed E-state index contributed by atoms with van der Waals surface area (Å²) in [7, 11) is 0. The SMILES string of the molecule is N#C/C(=C/c1ccc(Br)cc1)C(=O)NCCN1CCOCC1. The van der Waals surface area contributed by atoms with Gasteiger partial charge in [0.1, 0.15) is 11.6 Å². The van der Waals surface area contributed by atoms with Crippen molar-refractivity contribution in [3.63, 3.8) is 0 Å². The van der Waals surface area contributed by atoms with Crippen LogP contribution in [0.25, 0.3) is 6.08 Å². The minimum Gasteiger partial charge on any atom is -0.379 e. The number of hydrogen-bond acceptors (Lipinski definition) is 4. The van der Waals surface area contributed by atoms with E-state index in [-0.39, 0.29) is 11.5 Å². The van der Waals surface area contributed by atoms with E-state index in [0.717, 1.165) is 42.9 Å². The molecular formula is C16H18BrN3O2. The molecule has 1 aliphatic heterocycles. The van der Waals surface area contributed by atoms with Crippen LogP contribution in [0.15, 0.2) is 34.3 Å². The van der Waals surface area contributed by atoms with Crippen molar-refractivity contribution >= 4 is 27.9 Å². The van der Waals surface area contributed by atoms with Crippen molar-refractivity contribution in [2.75, 3.05) is 39.4 Å². The number of carbonyl (C=O) groups is 1. The molecule has 0 aromatic heterocycles. The number of morpholine rings is 1. The topological polar surface area (TPSA) is 65.4 Å². The molecule has 6 heteroatoms. The number of amides is 1. The summed E-state index contributed by atoms with van der Waals surface area (Å²) in [5.74, 6) is -0.335. The highest BCUT2D eigenvalue weighted by atomic mass is 79.9. The minimum absolute atomic E-state index is 0.115. The standard InChI is InChI=1S/C16H18BrN3O2/c17-15-3-1-13(2-4-15)11-14(12-18)16(21)19-5-6-20-7-9-22-10-8-20/h1-4,11H,5-10H2,(H,19,21)/b14-11-. The number of carbonyl (C=O) groups excluding carboxylic acids is 1. The maximum absolute atomic E-state index is 12.0. The maximum atomic E-state index is 12.0. The largest absolute Gasteiger partial charge is 0.379 e. The van der Waals surface area contributed by atoms with Gasteiger partial charge in [-0.05, 0) is 23.8 Å². The van der Waals surface area contributed by atoms with E-state index in [1.165, 1.54) is 0 Å². The van der Waals surface area contributed by atoms with E-state index >= 15 is 0 Å². The van der Waals surface area contributed by atoms with Crippen molar-refractivity contribution < 1.29 is 9.53 Å². The van der Waals surface area contributed by atoms with E-state index in [2.05, 4.69) is 26.1 Å². The molecule has 1 aromatic rings. The molecule has 2 rings (SSSR count). The summed E-state index contributed by atoms with van der Waals surface area (Å²) in [5.41, 5.74) is 0.937. The van der Waals surface area contributed by atoms with Gasteiger partial charge in [-0.2, -0.15) is 5.26 Å². The van der Waals surface area contributed by atoms with Gasteiger partial charge in [0.15, 0.2) is 0 Å². The average molecular weight is 364 g/mol. The second-order valence-electron chi connectivity index (χ2n) is 4.93. The summed E-state index contributed by atoms with van der Waals surface area (Å²) < 4.78 is 6.23. The molecule has 1 heterocycles. The van der Waals surface area contributed by atoms with Crippen molar-refractivity contribution in [1.82, 2.24) is 10.2 Å². The van der Waals surface area contributed by atoms with Crippen molar-refractivity contribution in [1.29, 1.82) is 5.26 Å². The van der Waals surface area contributed by atoms with Crippen LogP contribution in [0.2, 0.25) is 0 Å². The second-order valence-corrected chi connectivity index (χ2v) is 5.85. The minimum atomic E-state index is -0.335. The Kier molecular flexibility index (Phi) is 6.59. The van der Waals surface area contributed by atoms with E-state index in [0.29, 0.717) is 6.54 Å². The van der Waals surface area contributed by atoms with E-state index in [9.17, 15) is 4.79 Å². The summed E-state index contributed by atoms with van der Waals surface area (Å²) >= 11 is 3.35. The van der Waals surface area contributed by atoms with Gasteiger partial charge in [-0.15, -0.1) is 0 Å². The van der Waals surface area contributed by atoms with Gasteiger partial charge in [0, 0.05) is 30.7 Å². The van der Waals surface area contributed by atoms with Gasteiger partial charge in [0.25, 0.3) is 5.91 Å². The van der Waals surface area contributed by atoms with Crippen LogP contribution in [0.4, 0.5) is 0 Å². The monoisotopic (exact) mass is 363 g/mol. The fourth-order valence-electron chi connectivity index (χ4n) is 2.12. The average Bonchev–Trinajstić information content (AvgIpc) is 2.55. The van der Waals surface area contributed by atoms with Gasteiger partial charge in [-0.1, -0.05) is 28.1 Å². The highest BCUT2D eigenvalue weighted by Crippen LogP contribution is 2.13. The Morgan fingerprint density at radius 3 is 2.68 bits per heavy atom. The predicted molar refractivity (Wildman–Crippen MR) is 88.0 cm³/mol. The lowest BCUT2D eigenvalue weighted by atomic mass is 10.1. The van der Waals surface area contributed by atoms with Crippen molar-refractivity contribution in [3.8, 4) is 6.07 Å². The molecule has 1 fully saturated rings. The molecule has 0 unspecified atom stereocenters. The van der Waals surface area contributed by atoms with Crippen LogP contribution in [0.3, 0.4) is 0 Å². The highest BCUT2D eigenvalue weighted by Gasteiger charge is 2.12. The van der Waals surface area contributed by atoms with E-state index in [1.54, 1.807) is 6.08 Å². The van der Waals surface area contributed by atoms with E-state index in [1.807, 2.05) is 30.3 Å². The highest BCUT2D eigenvalue weighted by molar-refractivity contribution is 9.10. The third kappa shape index (κ3) is 5.26. The first-order chi connectivity index (χ1) is 10.7. The molecule has 0 aliphatic carbocycles. The second kappa shape index (κ2) is 8.69. The third-order valence-corrected chi connectivity index (χ3v) is 3.89. The van der Waals surface area contributed by atoms with Gasteiger partial charge in [0.05, 0.1) is 13.2 Å². The van der Waals surface area contributed by atoms with Gasteiger partial charge in [0.2, 0.25) is 0 Å². The first kappa shape index (κ1) is 16.7. The first-order valence-electron chi connectivity index (χ1n) is 7.15. The molecule has 22 heavy (non-hydrogen) atoms. The normalized spacial score (nSPS) is 16.1. The summed E-state index contributed by atoms with van der Waals surface area (Å²) in [6.45, 7) is 4.54. The number of hydrogen-bond donors (Lipinski definition) is 1. The molecule has 1 saturated heterocycles. The van der Waals surface area contributed by atoms with Crippen molar-refractivity contribution in [3.05, 3.63) is 39.9 Å². The number of halogens is 1. The van der Waals surface area contributed by atoms with Crippen molar-refractivity contribution in [2.24, 2.45) is 0 Å². The van der Waals surface area contributed by atoms with Crippen LogP contribution in [0, 0.1) is 11.3 Å². The lowest BCUT2D eigenvalue weighted by Gasteiger charge is -2.26. The third-order valence-electron chi connectivity index (χ3n) is 3.36. The molecule has 1 aromatic carbocycles. The number of rotatable bonds is 5. The van der Waals surface area contributed by atoms with Gasteiger partial charge >= 0.3 is 0 Å². The molecule has 0 atom stereocenters. The molecule has 0 saturated carbocycles. The maximum Gasteiger partial charge on any atom is 0.261 e. The van der Waals surface area contributed by atoms with Crippen LogP contribution < -0.4 is 5.32 Å². The predicted octanol–water partition coefficient (Wildman–Crippen LogP) is 1.80. The summed E-state index contributed by atoms with van der Waals surface area (Å²) in [4.78, 5) is 14.3. The van der Waals surface area contributed by atoms with Gasteiger partial charge in [-0.3, -0.25) is 9.69 Å². The van der Waals surface area contributed by atoms with Crippen LogP contribution >= 0.6 is 15.9 Å². The number of benzene rings is 1. The Bertz CT molecular complexity index is 572. The Morgan fingerprint density at radius 2 is 2.05 bits per heavy atom. The first-order valence-corrected chi connectivity index (χ1v) is 7.94. The molecule has 5 nitrogen and oxygen atoms in total. The zero-order chi connectivity index (χ0) is 15.8. The molecule has 0 bridgehead atoms. The summed E-state index contributed by atoms with van der Waals surface area (Å²) in [6.07, 6.45) is 1.59. The van der Waals surface area contributed by atoms with Gasteiger partial charge < -0.3 is 10.1 Å². The fraction of sp³-hybridized carbons (Fsp3) is 0.375. The fourth-order valence-corrected chi connectivity index (χ4v) is 2.39. The number of nitriles is 1. The zero-order valence-electron chi connectivity index (χ0n) is 12.2. The van der Waals surface area contributed by atoms with Crippen LogP contribution in [-0.2, 0) is 9.53 Å². The number of nitrogens with one attached hydrogen (secondary N) is 1. The Morgan fingerprint density at radius 1 is 1.36 bits per heavy atom. The quantitative estimate of drug-likeness (QED) is 0.639. The van der Waals surface area contributed by atoms with Crippen molar-refractivity contribution in [2.45, 2.75) is 0 Å². The Labute approximate surface area is 138 Å². The van der Waals surface area contributed by atoms with Crippen LogP contribution in [-0.4, -0.2) is 50.2 Å². The molecule has 1 amide bonds. The Balaban J connectivity index is 1.86. The summed E-state index contributed by atoms with van der Waals surface area (Å²) in [6, 6.07) is 9.40. The van der Waals surface area contributed by atoms with E-state index < -0.39 is 0 Å². The zero-order valence-corrected chi connectivity index (χ0v) is 13.8. The molecule has 0 radical (unpaired) electrons. The lowest BCUT2D eigenvalue weighted by Crippen LogP contribution is -2.41. The Hall–Kier alpha value is -1.68. The lowest BCUT2D eigenvalue weighted by molar-refractivity contribution is -0.117. The van der Waals surface area contributed by atoms with E-state index in [4.69, 9.17) is 10.00 Å². The number of ether oxygens (including phenoxy) is 1. The van der Waals surface area contributed by atoms with Gasteiger partial charge in [-0.25, -0.2) is 0 Å². The molecule has 1 N–H and O–H groups in total. The van der Waals surface area contributed by atoms with Crippen LogP contribution in [0.5, 0.6) is 0 Å². The molecule has 116 valence electrons. The smallest absolute Gasteiger partial charge is 0.261 e.